The van der Waals surface area contributed by atoms with E-state index in [9.17, 15) is 19.5 Å². The van der Waals surface area contributed by atoms with Gasteiger partial charge < -0.3 is 9.84 Å². The van der Waals surface area contributed by atoms with Crippen molar-refractivity contribution in [1.29, 1.82) is 0 Å². The number of pyridine rings is 1. The minimum absolute atomic E-state index is 0.0490. The summed E-state index contributed by atoms with van der Waals surface area (Å²) in [6, 6.07) is 1.79. The molecule has 0 bridgehead atoms. The molecule has 0 saturated carbocycles. The van der Waals surface area contributed by atoms with Crippen molar-refractivity contribution >= 4 is 17.7 Å². The van der Waals surface area contributed by atoms with Crippen LogP contribution in [0.2, 0.25) is 0 Å². The maximum atomic E-state index is 12.3. The van der Waals surface area contributed by atoms with Crippen molar-refractivity contribution in [2.45, 2.75) is 38.8 Å². The monoisotopic (exact) mass is 308 g/mol. The normalized spacial score (nSPS) is 12.3. The van der Waals surface area contributed by atoms with E-state index in [1.807, 2.05) is 0 Å². The Labute approximate surface area is 128 Å². The first kappa shape index (κ1) is 17.5. The number of ether oxygens (including phenoxy) is 1. The fourth-order valence-electron chi connectivity index (χ4n) is 1.76. The first-order valence-electron chi connectivity index (χ1n) is 6.70. The third-order valence-corrected chi connectivity index (χ3v) is 2.62. The molecular weight excluding hydrogens is 288 g/mol. The van der Waals surface area contributed by atoms with Gasteiger partial charge in [-0.15, -0.1) is 6.58 Å². The highest BCUT2D eigenvalue weighted by molar-refractivity contribution is 5.84. The van der Waals surface area contributed by atoms with E-state index in [1.54, 1.807) is 20.8 Å². The Hall–Kier alpha value is -2.57. The summed E-state index contributed by atoms with van der Waals surface area (Å²) in [5.74, 6) is -1.16. The summed E-state index contributed by atoms with van der Waals surface area (Å²) in [5.41, 5.74) is -1.38. The van der Waals surface area contributed by atoms with Crippen LogP contribution in [0, 0.1) is 0 Å². The topological polar surface area (TPSA) is 97.6 Å². The number of amides is 1. The number of rotatable bonds is 5. The van der Waals surface area contributed by atoms with Crippen molar-refractivity contribution in [3.63, 3.8) is 0 Å². The molecule has 0 saturated heterocycles. The first-order valence-corrected chi connectivity index (χ1v) is 6.70. The quantitative estimate of drug-likeness (QED) is 0.814. The molecule has 1 aromatic heterocycles. The van der Waals surface area contributed by atoms with Crippen molar-refractivity contribution in [1.82, 2.24) is 4.57 Å². The Balaban J connectivity index is 3.08. The molecule has 1 amide bonds. The number of aromatic nitrogens is 1. The maximum absolute atomic E-state index is 12.3. The number of anilines is 1. The van der Waals surface area contributed by atoms with Crippen LogP contribution in [0.25, 0.3) is 0 Å². The van der Waals surface area contributed by atoms with Gasteiger partial charge in [0.1, 0.15) is 17.3 Å². The molecule has 0 fully saturated rings. The molecule has 7 heteroatoms. The second-order valence-electron chi connectivity index (χ2n) is 5.64. The number of nitrogens with one attached hydrogen (secondary N) is 1. The molecule has 0 spiro atoms. The van der Waals surface area contributed by atoms with Crippen LogP contribution in [-0.4, -0.2) is 27.3 Å². The van der Waals surface area contributed by atoms with Gasteiger partial charge in [-0.2, -0.15) is 0 Å². The number of carboxylic acids is 1. The van der Waals surface area contributed by atoms with E-state index < -0.39 is 29.3 Å². The van der Waals surface area contributed by atoms with Gasteiger partial charge in [0.2, 0.25) is 0 Å². The number of nitrogens with zero attached hydrogens (tertiary/aromatic N) is 1. The highest BCUT2D eigenvalue weighted by atomic mass is 16.6. The SMILES string of the molecule is C=CCC(C(=O)O)n1cccc(NC(=O)OC(C)(C)C)c1=O. The predicted molar refractivity (Wildman–Crippen MR) is 82.0 cm³/mol. The molecule has 7 nitrogen and oxygen atoms in total. The molecule has 1 atom stereocenters. The van der Waals surface area contributed by atoms with Crippen molar-refractivity contribution < 1.29 is 19.4 Å². The summed E-state index contributed by atoms with van der Waals surface area (Å²) in [6.07, 6.45) is 2.08. The lowest BCUT2D eigenvalue weighted by Gasteiger charge is -2.20. The molecule has 0 radical (unpaired) electrons. The van der Waals surface area contributed by atoms with E-state index in [1.165, 1.54) is 24.4 Å². The van der Waals surface area contributed by atoms with Gasteiger partial charge in [0, 0.05) is 6.20 Å². The summed E-state index contributed by atoms with van der Waals surface area (Å²) in [7, 11) is 0. The molecular formula is C15H20N2O5. The molecule has 22 heavy (non-hydrogen) atoms. The number of carbonyl (C=O) groups excluding carboxylic acids is 1. The summed E-state index contributed by atoms with van der Waals surface area (Å²) >= 11 is 0. The standard InChI is InChI=1S/C15H20N2O5/c1-5-7-11(13(19)20)17-9-6-8-10(12(17)18)16-14(21)22-15(2,3)4/h5-6,8-9,11H,1,7H2,2-4H3,(H,16,21)(H,19,20). The van der Waals surface area contributed by atoms with Crippen LogP contribution < -0.4 is 10.9 Å². The number of carbonyl (C=O) groups is 2. The average molecular weight is 308 g/mol. The van der Waals surface area contributed by atoms with Gasteiger partial charge in [-0.1, -0.05) is 6.08 Å². The molecule has 0 aliphatic carbocycles. The lowest BCUT2D eigenvalue weighted by molar-refractivity contribution is -0.140. The van der Waals surface area contributed by atoms with Gasteiger partial charge in [0.25, 0.3) is 5.56 Å². The van der Waals surface area contributed by atoms with Crippen LogP contribution in [0.1, 0.15) is 33.2 Å². The second kappa shape index (κ2) is 6.93. The average Bonchev–Trinajstić information content (AvgIpc) is 2.36. The van der Waals surface area contributed by atoms with Crippen molar-refractivity contribution in [2.24, 2.45) is 0 Å². The van der Waals surface area contributed by atoms with Gasteiger partial charge in [0.15, 0.2) is 0 Å². The number of hydrogen-bond acceptors (Lipinski definition) is 4. The Kier molecular flexibility index (Phi) is 5.50. The third-order valence-electron chi connectivity index (χ3n) is 2.62. The molecule has 0 aliphatic rings. The van der Waals surface area contributed by atoms with Gasteiger partial charge >= 0.3 is 12.1 Å². The van der Waals surface area contributed by atoms with Gasteiger partial charge in [-0.25, -0.2) is 9.59 Å². The van der Waals surface area contributed by atoms with Crippen LogP contribution >= 0.6 is 0 Å². The minimum Gasteiger partial charge on any atom is -0.480 e. The van der Waals surface area contributed by atoms with Crippen molar-refractivity contribution in [3.05, 3.63) is 41.3 Å². The summed E-state index contributed by atoms with van der Waals surface area (Å²) in [4.78, 5) is 35.2. The largest absolute Gasteiger partial charge is 0.480 e. The zero-order valence-corrected chi connectivity index (χ0v) is 12.8. The van der Waals surface area contributed by atoms with Crippen molar-refractivity contribution in [3.8, 4) is 0 Å². The molecule has 1 unspecified atom stereocenters. The second-order valence-corrected chi connectivity index (χ2v) is 5.64. The number of hydrogen-bond donors (Lipinski definition) is 2. The van der Waals surface area contributed by atoms with Gasteiger partial charge in [-0.05, 0) is 39.3 Å². The molecule has 1 heterocycles. The predicted octanol–water partition coefficient (Wildman–Crippen LogP) is 2.40. The van der Waals surface area contributed by atoms with E-state index in [2.05, 4.69) is 11.9 Å². The Morgan fingerprint density at radius 3 is 2.64 bits per heavy atom. The lowest BCUT2D eigenvalue weighted by Crippen LogP contribution is -2.33. The highest BCUT2D eigenvalue weighted by Crippen LogP contribution is 2.13. The van der Waals surface area contributed by atoms with E-state index in [4.69, 9.17) is 4.74 Å². The van der Waals surface area contributed by atoms with E-state index in [0.717, 1.165) is 4.57 Å². The Morgan fingerprint density at radius 2 is 2.14 bits per heavy atom. The number of aliphatic carboxylic acids is 1. The number of allylic oxidation sites excluding steroid dienone is 1. The maximum Gasteiger partial charge on any atom is 0.412 e. The van der Waals surface area contributed by atoms with Gasteiger partial charge in [0.05, 0.1) is 0 Å². The minimum atomic E-state index is -1.16. The van der Waals surface area contributed by atoms with Crippen LogP contribution in [0.4, 0.5) is 10.5 Å². The molecule has 0 aliphatic heterocycles. The lowest BCUT2D eigenvalue weighted by atomic mass is 10.2. The van der Waals surface area contributed by atoms with E-state index >= 15 is 0 Å². The Bertz CT molecular complexity index is 628. The highest BCUT2D eigenvalue weighted by Gasteiger charge is 2.21. The zero-order valence-electron chi connectivity index (χ0n) is 12.8. The fourth-order valence-corrected chi connectivity index (χ4v) is 1.76. The van der Waals surface area contributed by atoms with Crippen LogP contribution in [0.15, 0.2) is 35.8 Å². The molecule has 120 valence electrons. The zero-order chi connectivity index (χ0) is 16.9. The molecule has 0 aromatic carbocycles. The molecule has 2 N–H and O–H groups in total. The first-order chi connectivity index (χ1) is 10.2. The third kappa shape index (κ3) is 4.76. The summed E-state index contributed by atoms with van der Waals surface area (Å²) in [5, 5.41) is 11.5. The number of carboxylic acid groups (broad SMARTS) is 1. The smallest absolute Gasteiger partial charge is 0.412 e. The van der Waals surface area contributed by atoms with Crippen molar-refractivity contribution in [2.75, 3.05) is 5.32 Å². The Morgan fingerprint density at radius 1 is 1.50 bits per heavy atom. The van der Waals surface area contributed by atoms with E-state index in [0.29, 0.717) is 0 Å². The molecule has 1 rings (SSSR count). The van der Waals surface area contributed by atoms with Gasteiger partial charge in [-0.3, -0.25) is 14.7 Å². The van der Waals surface area contributed by atoms with Crippen LogP contribution in [0.5, 0.6) is 0 Å². The van der Waals surface area contributed by atoms with E-state index in [-0.39, 0.29) is 12.1 Å². The summed E-state index contributed by atoms with van der Waals surface area (Å²) in [6.45, 7) is 8.57. The summed E-state index contributed by atoms with van der Waals surface area (Å²) < 4.78 is 6.10. The van der Waals surface area contributed by atoms with Crippen LogP contribution in [0.3, 0.4) is 0 Å². The molecule has 1 aromatic rings. The fraction of sp³-hybridized carbons (Fsp3) is 0.400. The van der Waals surface area contributed by atoms with Crippen LogP contribution in [-0.2, 0) is 9.53 Å².